The van der Waals surface area contributed by atoms with Crippen LogP contribution in [-0.4, -0.2) is 37.7 Å². The van der Waals surface area contributed by atoms with Crippen LogP contribution in [0, 0.1) is 6.92 Å². The largest absolute Gasteiger partial charge is 0.343 e. The van der Waals surface area contributed by atoms with Gasteiger partial charge in [-0.3, -0.25) is 9.58 Å². The van der Waals surface area contributed by atoms with Crippen LogP contribution in [0.1, 0.15) is 42.6 Å². The average molecular weight is 323 g/mol. The molecule has 0 bridgehead atoms. The van der Waals surface area contributed by atoms with Gasteiger partial charge in [0.05, 0.1) is 6.20 Å². The van der Waals surface area contributed by atoms with Crippen LogP contribution < -0.4 is 0 Å². The third-order valence-electron chi connectivity index (χ3n) is 5.26. The molecule has 0 saturated carbocycles. The highest BCUT2D eigenvalue weighted by atomic mass is 15.3. The molecule has 1 N–H and O–H groups in total. The van der Waals surface area contributed by atoms with Gasteiger partial charge in [-0.25, -0.2) is 4.98 Å². The molecule has 24 heavy (non-hydrogen) atoms. The van der Waals surface area contributed by atoms with E-state index in [1.165, 1.54) is 41.7 Å². The third kappa shape index (κ3) is 2.84. The number of H-pyrrole nitrogens is 1. The van der Waals surface area contributed by atoms with E-state index >= 15 is 0 Å². The molecule has 3 aromatic heterocycles. The molecule has 0 aliphatic carbocycles. The minimum atomic E-state index is 0.564. The minimum absolute atomic E-state index is 0.564. The Morgan fingerprint density at radius 3 is 3.08 bits per heavy atom. The van der Waals surface area contributed by atoms with Gasteiger partial charge in [-0.1, -0.05) is 0 Å². The highest BCUT2D eigenvalue weighted by Crippen LogP contribution is 2.29. The Bertz CT molecular complexity index is 798. The molecule has 126 valence electrons. The van der Waals surface area contributed by atoms with Crippen LogP contribution >= 0.6 is 0 Å². The number of rotatable bonds is 4. The molecule has 4 rings (SSSR count). The van der Waals surface area contributed by atoms with E-state index in [4.69, 9.17) is 0 Å². The second-order valence-corrected chi connectivity index (χ2v) is 6.81. The molecule has 1 fully saturated rings. The molecule has 1 aliphatic rings. The molecule has 0 amide bonds. The standard InChI is InChI=1S/C19H25N5/c1-3-24-14(2)17(11-21-24)13-23-9-5-7-16(12-23)18-10-15-6-4-8-20-19(15)22-18/h4,6,8,10-11,16H,3,5,7,9,12-13H2,1-2H3,(H,20,22). The number of piperidine rings is 1. The van der Waals surface area contributed by atoms with Gasteiger partial charge in [-0.2, -0.15) is 5.10 Å². The zero-order valence-corrected chi connectivity index (χ0v) is 14.5. The van der Waals surface area contributed by atoms with Crippen molar-refractivity contribution in [3.63, 3.8) is 0 Å². The van der Waals surface area contributed by atoms with E-state index in [2.05, 4.69) is 50.6 Å². The predicted molar refractivity (Wildman–Crippen MR) is 96.0 cm³/mol. The second-order valence-electron chi connectivity index (χ2n) is 6.81. The molecule has 1 aliphatic heterocycles. The number of likely N-dealkylation sites (tertiary alicyclic amines) is 1. The number of pyridine rings is 1. The Morgan fingerprint density at radius 1 is 1.38 bits per heavy atom. The van der Waals surface area contributed by atoms with Crippen molar-refractivity contribution in [1.29, 1.82) is 0 Å². The molecule has 0 spiro atoms. The van der Waals surface area contributed by atoms with Gasteiger partial charge in [0.1, 0.15) is 5.65 Å². The zero-order valence-electron chi connectivity index (χ0n) is 14.5. The smallest absolute Gasteiger partial charge is 0.137 e. The SMILES string of the molecule is CCn1ncc(CN2CCCC(c3cc4cccnc4[nH]3)C2)c1C. The average Bonchev–Trinajstić information content (AvgIpc) is 3.19. The van der Waals surface area contributed by atoms with Gasteiger partial charge in [-0.05, 0) is 51.4 Å². The Hall–Kier alpha value is -2.14. The van der Waals surface area contributed by atoms with Gasteiger partial charge in [-0.15, -0.1) is 0 Å². The fourth-order valence-corrected chi connectivity index (χ4v) is 3.85. The fraction of sp³-hybridized carbons (Fsp3) is 0.474. The first-order chi connectivity index (χ1) is 11.7. The van der Waals surface area contributed by atoms with Gasteiger partial charge in [0, 0.05) is 54.1 Å². The molecule has 5 nitrogen and oxygen atoms in total. The highest BCUT2D eigenvalue weighted by Gasteiger charge is 2.23. The topological polar surface area (TPSA) is 49.7 Å². The summed E-state index contributed by atoms with van der Waals surface area (Å²) >= 11 is 0. The summed E-state index contributed by atoms with van der Waals surface area (Å²) in [6.07, 6.45) is 6.38. The minimum Gasteiger partial charge on any atom is -0.343 e. The molecule has 5 heteroatoms. The summed E-state index contributed by atoms with van der Waals surface area (Å²) in [4.78, 5) is 10.5. The number of hydrogen-bond acceptors (Lipinski definition) is 3. The van der Waals surface area contributed by atoms with Gasteiger partial charge >= 0.3 is 0 Å². The maximum atomic E-state index is 4.48. The Kier molecular flexibility index (Phi) is 4.10. The van der Waals surface area contributed by atoms with E-state index in [0.717, 1.165) is 25.3 Å². The Labute approximate surface area is 142 Å². The number of fused-ring (bicyclic) bond motifs is 1. The van der Waals surface area contributed by atoms with Crippen molar-refractivity contribution in [2.24, 2.45) is 0 Å². The van der Waals surface area contributed by atoms with Crippen LogP contribution in [-0.2, 0) is 13.1 Å². The number of aromatic nitrogens is 4. The van der Waals surface area contributed by atoms with Gasteiger partial charge in [0.15, 0.2) is 0 Å². The van der Waals surface area contributed by atoms with Crippen molar-refractivity contribution in [1.82, 2.24) is 24.6 Å². The Morgan fingerprint density at radius 2 is 2.29 bits per heavy atom. The van der Waals surface area contributed by atoms with Crippen molar-refractivity contribution in [3.8, 4) is 0 Å². The lowest BCUT2D eigenvalue weighted by atomic mass is 9.94. The van der Waals surface area contributed by atoms with Crippen molar-refractivity contribution < 1.29 is 0 Å². The van der Waals surface area contributed by atoms with Crippen molar-refractivity contribution >= 4 is 11.0 Å². The van der Waals surface area contributed by atoms with Crippen molar-refractivity contribution in [2.45, 2.75) is 45.7 Å². The van der Waals surface area contributed by atoms with E-state index in [9.17, 15) is 0 Å². The number of nitrogens with zero attached hydrogens (tertiary/aromatic N) is 4. The number of nitrogens with one attached hydrogen (secondary N) is 1. The Balaban J connectivity index is 1.49. The van der Waals surface area contributed by atoms with Crippen LogP contribution in [0.25, 0.3) is 11.0 Å². The molecule has 1 atom stereocenters. The van der Waals surface area contributed by atoms with Crippen molar-refractivity contribution in [3.05, 3.63) is 47.5 Å². The lowest BCUT2D eigenvalue weighted by Gasteiger charge is -2.32. The quantitative estimate of drug-likeness (QED) is 0.800. The van der Waals surface area contributed by atoms with Gasteiger partial charge in [0.2, 0.25) is 0 Å². The van der Waals surface area contributed by atoms with E-state index in [1.54, 1.807) is 0 Å². The molecule has 0 radical (unpaired) electrons. The predicted octanol–water partition coefficient (Wildman–Crippen LogP) is 3.47. The summed E-state index contributed by atoms with van der Waals surface area (Å²) in [6.45, 7) is 8.54. The molecule has 1 unspecified atom stereocenters. The van der Waals surface area contributed by atoms with Gasteiger partial charge in [0.25, 0.3) is 0 Å². The first kappa shape index (κ1) is 15.4. The van der Waals surface area contributed by atoms with E-state index in [1.807, 2.05) is 18.5 Å². The fourth-order valence-electron chi connectivity index (χ4n) is 3.85. The van der Waals surface area contributed by atoms with Crippen LogP contribution in [0.15, 0.2) is 30.6 Å². The first-order valence-corrected chi connectivity index (χ1v) is 8.92. The summed E-state index contributed by atoms with van der Waals surface area (Å²) in [5.41, 5.74) is 4.99. The number of aromatic amines is 1. The molecular formula is C19H25N5. The van der Waals surface area contributed by atoms with Crippen LogP contribution in [0.2, 0.25) is 0 Å². The van der Waals surface area contributed by atoms with Crippen LogP contribution in [0.3, 0.4) is 0 Å². The zero-order chi connectivity index (χ0) is 16.5. The monoisotopic (exact) mass is 323 g/mol. The van der Waals surface area contributed by atoms with Gasteiger partial charge < -0.3 is 4.98 Å². The first-order valence-electron chi connectivity index (χ1n) is 8.92. The second kappa shape index (κ2) is 6.40. The summed E-state index contributed by atoms with van der Waals surface area (Å²) in [5, 5.41) is 5.69. The highest BCUT2D eigenvalue weighted by molar-refractivity contribution is 5.76. The third-order valence-corrected chi connectivity index (χ3v) is 5.26. The van der Waals surface area contributed by atoms with E-state index in [0.29, 0.717) is 5.92 Å². The summed E-state index contributed by atoms with van der Waals surface area (Å²) < 4.78 is 2.08. The summed E-state index contributed by atoms with van der Waals surface area (Å²) in [7, 11) is 0. The summed E-state index contributed by atoms with van der Waals surface area (Å²) in [6, 6.07) is 6.41. The molecule has 3 aromatic rings. The van der Waals surface area contributed by atoms with E-state index in [-0.39, 0.29) is 0 Å². The van der Waals surface area contributed by atoms with Crippen LogP contribution in [0.4, 0.5) is 0 Å². The van der Waals surface area contributed by atoms with Crippen molar-refractivity contribution in [2.75, 3.05) is 13.1 Å². The maximum absolute atomic E-state index is 4.48. The molecule has 1 saturated heterocycles. The maximum Gasteiger partial charge on any atom is 0.137 e. The van der Waals surface area contributed by atoms with Crippen LogP contribution in [0.5, 0.6) is 0 Å². The number of hydrogen-bond donors (Lipinski definition) is 1. The summed E-state index contributed by atoms with van der Waals surface area (Å²) in [5.74, 6) is 0.564. The normalized spacial score (nSPS) is 19.2. The number of aryl methyl sites for hydroxylation is 1. The molecule has 4 heterocycles. The lowest BCUT2D eigenvalue weighted by molar-refractivity contribution is 0.198. The van der Waals surface area contributed by atoms with E-state index < -0.39 is 0 Å². The molecular weight excluding hydrogens is 298 g/mol. The molecule has 0 aromatic carbocycles. The lowest BCUT2D eigenvalue weighted by Crippen LogP contribution is -2.34.